The van der Waals surface area contributed by atoms with Crippen LogP contribution in [0.1, 0.15) is 19.4 Å². The highest BCUT2D eigenvalue weighted by Gasteiger charge is 2.22. The number of piperazine rings is 1. The Bertz CT molecular complexity index is 400. The molecule has 1 fully saturated rings. The van der Waals surface area contributed by atoms with Gasteiger partial charge in [0.25, 0.3) is 0 Å². The van der Waals surface area contributed by atoms with Gasteiger partial charge in [0, 0.05) is 31.4 Å². The molecule has 16 heavy (non-hydrogen) atoms. The van der Waals surface area contributed by atoms with E-state index in [4.69, 9.17) is 5.26 Å². The molecule has 2 heterocycles. The zero-order valence-corrected chi connectivity index (χ0v) is 9.64. The van der Waals surface area contributed by atoms with E-state index in [0.717, 1.165) is 18.8 Å². The van der Waals surface area contributed by atoms with Gasteiger partial charge in [0.05, 0.1) is 17.4 Å². The van der Waals surface area contributed by atoms with E-state index in [1.807, 2.05) is 0 Å². The molecule has 84 valence electrons. The van der Waals surface area contributed by atoms with Crippen LogP contribution in [0.25, 0.3) is 0 Å². The standard InChI is InChI=1S/C12H16N4/c1-9-7-16(8-10(2)15-9)12-6-14-4-3-11(12)5-13/h3-4,6,9-10,15H,7-8H2,1-2H3. The van der Waals surface area contributed by atoms with Crippen LogP contribution in [0.4, 0.5) is 5.69 Å². The Kier molecular flexibility index (Phi) is 3.07. The summed E-state index contributed by atoms with van der Waals surface area (Å²) in [6.45, 7) is 6.16. The van der Waals surface area contributed by atoms with Crippen molar-refractivity contribution in [3.63, 3.8) is 0 Å². The van der Waals surface area contributed by atoms with Crippen molar-refractivity contribution in [1.82, 2.24) is 10.3 Å². The van der Waals surface area contributed by atoms with E-state index >= 15 is 0 Å². The van der Waals surface area contributed by atoms with Gasteiger partial charge in [-0.1, -0.05) is 0 Å². The first-order valence-electron chi connectivity index (χ1n) is 5.56. The van der Waals surface area contributed by atoms with Gasteiger partial charge in [-0.05, 0) is 19.9 Å². The quantitative estimate of drug-likeness (QED) is 0.765. The lowest BCUT2D eigenvalue weighted by atomic mass is 10.1. The highest BCUT2D eigenvalue weighted by Crippen LogP contribution is 2.20. The summed E-state index contributed by atoms with van der Waals surface area (Å²) < 4.78 is 0. The number of hydrogen-bond acceptors (Lipinski definition) is 4. The van der Waals surface area contributed by atoms with E-state index < -0.39 is 0 Å². The Balaban J connectivity index is 2.26. The van der Waals surface area contributed by atoms with Crippen LogP contribution in [-0.2, 0) is 0 Å². The largest absolute Gasteiger partial charge is 0.366 e. The topological polar surface area (TPSA) is 52.0 Å². The zero-order valence-electron chi connectivity index (χ0n) is 9.64. The fourth-order valence-corrected chi connectivity index (χ4v) is 2.26. The Morgan fingerprint density at radius 1 is 1.44 bits per heavy atom. The summed E-state index contributed by atoms with van der Waals surface area (Å²) in [5.74, 6) is 0. The molecule has 1 aliphatic rings. The van der Waals surface area contributed by atoms with Gasteiger partial charge >= 0.3 is 0 Å². The van der Waals surface area contributed by atoms with Crippen molar-refractivity contribution in [2.24, 2.45) is 0 Å². The maximum absolute atomic E-state index is 9.06. The highest BCUT2D eigenvalue weighted by molar-refractivity contribution is 5.58. The second-order valence-electron chi connectivity index (χ2n) is 4.38. The molecule has 1 aliphatic heterocycles. The lowest BCUT2D eigenvalue weighted by Gasteiger charge is -2.37. The SMILES string of the molecule is CC1CN(c2cnccc2C#N)CC(C)N1. The fourth-order valence-electron chi connectivity index (χ4n) is 2.26. The van der Waals surface area contributed by atoms with Crippen LogP contribution < -0.4 is 10.2 Å². The number of pyridine rings is 1. The minimum absolute atomic E-state index is 0.440. The predicted octanol–water partition coefficient (Wildman–Crippen LogP) is 1.14. The molecule has 0 saturated carbocycles. The Labute approximate surface area is 95.9 Å². The molecule has 2 rings (SSSR count). The number of aromatic nitrogens is 1. The van der Waals surface area contributed by atoms with Gasteiger partial charge in [-0.3, -0.25) is 4.98 Å². The molecule has 4 heteroatoms. The van der Waals surface area contributed by atoms with Crippen LogP contribution in [0.15, 0.2) is 18.5 Å². The second-order valence-corrected chi connectivity index (χ2v) is 4.38. The second kappa shape index (κ2) is 4.50. The van der Waals surface area contributed by atoms with Crippen molar-refractivity contribution in [2.45, 2.75) is 25.9 Å². The van der Waals surface area contributed by atoms with Crippen molar-refractivity contribution >= 4 is 5.69 Å². The minimum Gasteiger partial charge on any atom is -0.366 e. The molecule has 1 N–H and O–H groups in total. The van der Waals surface area contributed by atoms with Crippen LogP contribution in [0.5, 0.6) is 0 Å². The van der Waals surface area contributed by atoms with Crippen molar-refractivity contribution in [1.29, 1.82) is 5.26 Å². The third-order valence-electron chi connectivity index (χ3n) is 2.82. The maximum Gasteiger partial charge on any atom is 0.101 e. The molecule has 4 nitrogen and oxygen atoms in total. The highest BCUT2D eigenvalue weighted by atomic mass is 15.2. The number of nitriles is 1. The van der Waals surface area contributed by atoms with Gasteiger partial charge in [0.2, 0.25) is 0 Å². The molecule has 2 unspecified atom stereocenters. The monoisotopic (exact) mass is 216 g/mol. The van der Waals surface area contributed by atoms with Crippen LogP contribution in [-0.4, -0.2) is 30.2 Å². The maximum atomic E-state index is 9.06. The summed E-state index contributed by atoms with van der Waals surface area (Å²) in [6.07, 6.45) is 3.44. The van der Waals surface area contributed by atoms with E-state index in [2.05, 4.69) is 35.1 Å². The lowest BCUT2D eigenvalue weighted by Crippen LogP contribution is -2.54. The van der Waals surface area contributed by atoms with Crippen LogP contribution >= 0.6 is 0 Å². The molecule has 1 saturated heterocycles. The van der Waals surface area contributed by atoms with Crippen LogP contribution in [0.3, 0.4) is 0 Å². The summed E-state index contributed by atoms with van der Waals surface area (Å²) in [5.41, 5.74) is 1.65. The average molecular weight is 216 g/mol. The molecule has 2 atom stereocenters. The first-order chi connectivity index (χ1) is 7.70. The van der Waals surface area contributed by atoms with Gasteiger partial charge in [-0.2, -0.15) is 5.26 Å². The molecule has 1 aromatic rings. The average Bonchev–Trinajstić information content (AvgIpc) is 2.27. The molecule has 1 aromatic heterocycles. The van der Waals surface area contributed by atoms with Gasteiger partial charge in [-0.15, -0.1) is 0 Å². The molecule has 0 aromatic carbocycles. The first-order valence-corrected chi connectivity index (χ1v) is 5.56. The van der Waals surface area contributed by atoms with Crippen molar-refractivity contribution in [2.75, 3.05) is 18.0 Å². The molecular weight excluding hydrogens is 200 g/mol. The summed E-state index contributed by atoms with van der Waals surface area (Å²) in [7, 11) is 0. The smallest absolute Gasteiger partial charge is 0.101 e. The Morgan fingerprint density at radius 3 is 2.75 bits per heavy atom. The van der Waals surface area contributed by atoms with Crippen LogP contribution in [0.2, 0.25) is 0 Å². The molecule has 0 radical (unpaired) electrons. The minimum atomic E-state index is 0.440. The van der Waals surface area contributed by atoms with Crippen molar-refractivity contribution in [3.05, 3.63) is 24.0 Å². The van der Waals surface area contributed by atoms with Gasteiger partial charge in [-0.25, -0.2) is 0 Å². The van der Waals surface area contributed by atoms with E-state index in [0.29, 0.717) is 17.6 Å². The molecule has 0 aliphatic carbocycles. The van der Waals surface area contributed by atoms with Crippen LogP contribution in [0, 0.1) is 11.3 Å². The third-order valence-corrected chi connectivity index (χ3v) is 2.82. The zero-order chi connectivity index (χ0) is 11.5. The Hall–Kier alpha value is -1.60. The predicted molar refractivity (Wildman–Crippen MR) is 63.2 cm³/mol. The summed E-state index contributed by atoms with van der Waals surface area (Å²) >= 11 is 0. The van der Waals surface area contributed by atoms with Crippen molar-refractivity contribution < 1.29 is 0 Å². The van der Waals surface area contributed by atoms with Gasteiger partial charge < -0.3 is 10.2 Å². The van der Waals surface area contributed by atoms with E-state index in [1.54, 1.807) is 18.5 Å². The number of hydrogen-bond donors (Lipinski definition) is 1. The van der Waals surface area contributed by atoms with Gasteiger partial charge in [0.15, 0.2) is 0 Å². The van der Waals surface area contributed by atoms with E-state index in [1.165, 1.54) is 0 Å². The number of nitrogens with one attached hydrogen (secondary N) is 1. The normalized spacial score (nSPS) is 25.2. The molecule has 0 spiro atoms. The van der Waals surface area contributed by atoms with Gasteiger partial charge in [0.1, 0.15) is 6.07 Å². The van der Waals surface area contributed by atoms with Crippen molar-refractivity contribution in [3.8, 4) is 6.07 Å². The summed E-state index contributed by atoms with van der Waals surface area (Å²) in [4.78, 5) is 6.34. The number of nitrogens with zero attached hydrogens (tertiary/aromatic N) is 3. The molecule has 0 bridgehead atoms. The summed E-state index contributed by atoms with van der Waals surface area (Å²) in [5, 5.41) is 12.5. The van der Waals surface area contributed by atoms with E-state index in [-0.39, 0.29) is 0 Å². The number of rotatable bonds is 1. The molecule has 0 amide bonds. The lowest BCUT2D eigenvalue weighted by molar-refractivity contribution is 0.406. The number of anilines is 1. The van der Waals surface area contributed by atoms with E-state index in [9.17, 15) is 0 Å². The molecular formula is C12H16N4. The third kappa shape index (κ3) is 2.15. The summed E-state index contributed by atoms with van der Waals surface area (Å²) in [6, 6.07) is 4.87. The fraction of sp³-hybridized carbons (Fsp3) is 0.500. The first kappa shape index (κ1) is 10.9. The Morgan fingerprint density at radius 2 is 2.12 bits per heavy atom.